The Bertz CT molecular complexity index is 964. The Balaban J connectivity index is 1.64. The number of nitrogens with one attached hydrogen (secondary N) is 1. The minimum atomic E-state index is -0.629. The van der Waals surface area contributed by atoms with E-state index in [-0.39, 0.29) is 11.5 Å². The van der Waals surface area contributed by atoms with E-state index in [9.17, 15) is 9.59 Å². The van der Waals surface area contributed by atoms with E-state index in [0.29, 0.717) is 23.9 Å². The van der Waals surface area contributed by atoms with Crippen LogP contribution in [0, 0.1) is 0 Å². The third kappa shape index (κ3) is 3.74. The van der Waals surface area contributed by atoms with Crippen LogP contribution in [0.5, 0.6) is 5.75 Å². The van der Waals surface area contributed by atoms with Gasteiger partial charge in [-0.25, -0.2) is 4.98 Å². The fourth-order valence-corrected chi connectivity index (χ4v) is 2.76. The topological polar surface area (TPSA) is 73.2 Å². The van der Waals surface area contributed by atoms with Gasteiger partial charge in [-0.3, -0.25) is 14.2 Å². The number of nitrogens with zero attached hydrogens (tertiary/aromatic N) is 2. The Morgan fingerprint density at radius 3 is 2.65 bits per heavy atom. The number of ether oxygens (including phenoxy) is 1. The number of benzene rings is 2. The molecule has 0 aliphatic rings. The molecule has 0 saturated carbocycles. The van der Waals surface area contributed by atoms with E-state index in [2.05, 4.69) is 10.3 Å². The summed E-state index contributed by atoms with van der Waals surface area (Å²) >= 11 is 0. The fourth-order valence-electron chi connectivity index (χ4n) is 2.76. The van der Waals surface area contributed by atoms with Gasteiger partial charge in [0.2, 0.25) is 5.91 Å². The number of para-hydroxylation sites is 1. The molecule has 2 aromatic carbocycles. The summed E-state index contributed by atoms with van der Waals surface area (Å²) in [5.74, 6) is 0.590. The molecule has 0 saturated heterocycles. The zero-order chi connectivity index (χ0) is 18.5. The first-order chi connectivity index (χ1) is 12.6. The second-order valence-corrected chi connectivity index (χ2v) is 6.04. The molecule has 3 aromatic rings. The Labute approximate surface area is 151 Å². The van der Waals surface area contributed by atoms with E-state index in [4.69, 9.17) is 4.74 Å². The molecule has 1 aromatic heterocycles. The lowest BCUT2D eigenvalue weighted by Crippen LogP contribution is -2.36. The van der Waals surface area contributed by atoms with Crippen molar-refractivity contribution in [3.63, 3.8) is 0 Å². The molecule has 0 aliphatic heterocycles. The first kappa shape index (κ1) is 17.7. The molecule has 0 unspecified atom stereocenters. The van der Waals surface area contributed by atoms with Gasteiger partial charge in [-0.2, -0.15) is 0 Å². The number of fused-ring (bicyclic) bond motifs is 1. The average Bonchev–Trinajstić information content (AvgIpc) is 2.68. The van der Waals surface area contributed by atoms with Crippen molar-refractivity contribution in [2.45, 2.75) is 19.4 Å². The van der Waals surface area contributed by atoms with Crippen LogP contribution in [0.2, 0.25) is 0 Å². The van der Waals surface area contributed by atoms with Crippen molar-refractivity contribution in [2.75, 3.05) is 13.7 Å². The lowest BCUT2D eigenvalue weighted by Gasteiger charge is -2.15. The third-order valence-corrected chi connectivity index (χ3v) is 4.36. The van der Waals surface area contributed by atoms with Gasteiger partial charge in [0.1, 0.15) is 11.8 Å². The van der Waals surface area contributed by atoms with Crippen LogP contribution in [0.4, 0.5) is 0 Å². The summed E-state index contributed by atoms with van der Waals surface area (Å²) in [5, 5.41) is 3.38. The van der Waals surface area contributed by atoms with Crippen LogP contribution >= 0.6 is 0 Å². The van der Waals surface area contributed by atoms with Crippen molar-refractivity contribution in [2.24, 2.45) is 0 Å². The van der Waals surface area contributed by atoms with Crippen LogP contribution in [0.1, 0.15) is 18.5 Å². The summed E-state index contributed by atoms with van der Waals surface area (Å²) in [6, 6.07) is 14.2. The van der Waals surface area contributed by atoms with Crippen LogP contribution in [-0.2, 0) is 11.2 Å². The monoisotopic (exact) mass is 351 g/mol. The van der Waals surface area contributed by atoms with Gasteiger partial charge in [-0.15, -0.1) is 0 Å². The minimum Gasteiger partial charge on any atom is -0.497 e. The van der Waals surface area contributed by atoms with Gasteiger partial charge in [-0.05, 0) is 43.2 Å². The number of hydrogen-bond donors (Lipinski definition) is 1. The molecule has 1 atom stereocenters. The van der Waals surface area contributed by atoms with Gasteiger partial charge in [0, 0.05) is 6.54 Å². The van der Waals surface area contributed by atoms with Gasteiger partial charge >= 0.3 is 0 Å². The summed E-state index contributed by atoms with van der Waals surface area (Å²) in [4.78, 5) is 29.2. The molecule has 0 spiro atoms. The highest BCUT2D eigenvalue weighted by Crippen LogP contribution is 2.12. The van der Waals surface area contributed by atoms with Crippen molar-refractivity contribution in [3.8, 4) is 5.75 Å². The van der Waals surface area contributed by atoms with Gasteiger partial charge in [0.15, 0.2) is 0 Å². The third-order valence-electron chi connectivity index (χ3n) is 4.36. The standard InChI is InChI=1S/C20H21N3O3/c1-14(23-13-22-18-6-4-3-5-17(18)20(23)25)19(24)21-12-11-15-7-9-16(26-2)10-8-15/h3-10,13-14H,11-12H2,1-2H3,(H,21,24)/t14-/m1/s1. The number of carbonyl (C=O) groups is 1. The van der Waals surface area contributed by atoms with E-state index in [1.807, 2.05) is 30.3 Å². The SMILES string of the molecule is COc1ccc(CCNC(=O)[C@@H](C)n2cnc3ccccc3c2=O)cc1. The first-order valence-corrected chi connectivity index (χ1v) is 8.46. The predicted octanol–water partition coefficient (Wildman–Crippen LogP) is 2.33. The van der Waals surface area contributed by atoms with Gasteiger partial charge in [0.25, 0.3) is 5.56 Å². The van der Waals surface area contributed by atoms with E-state index in [1.165, 1.54) is 10.9 Å². The molecule has 6 nitrogen and oxygen atoms in total. The first-order valence-electron chi connectivity index (χ1n) is 8.46. The van der Waals surface area contributed by atoms with Crippen LogP contribution in [0.25, 0.3) is 10.9 Å². The molecule has 26 heavy (non-hydrogen) atoms. The van der Waals surface area contributed by atoms with Crippen molar-refractivity contribution in [1.82, 2.24) is 14.9 Å². The zero-order valence-corrected chi connectivity index (χ0v) is 14.8. The zero-order valence-electron chi connectivity index (χ0n) is 14.8. The Morgan fingerprint density at radius 2 is 1.92 bits per heavy atom. The van der Waals surface area contributed by atoms with E-state index >= 15 is 0 Å². The highest BCUT2D eigenvalue weighted by Gasteiger charge is 2.17. The molecular weight excluding hydrogens is 330 g/mol. The summed E-state index contributed by atoms with van der Waals surface area (Å²) < 4.78 is 6.49. The number of methoxy groups -OCH3 is 1. The summed E-state index contributed by atoms with van der Waals surface area (Å²) in [6.45, 7) is 2.19. The number of aromatic nitrogens is 2. The van der Waals surface area contributed by atoms with Crippen molar-refractivity contribution >= 4 is 16.8 Å². The Hall–Kier alpha value is -3.15. The van der Waals surface area contributed by atoms with Gasteiger partial charge in [0.05, 0.1) is 24.3 Å². The minimum absolute atomic E-state index is 0.210. The molecule has 0 radical (unpaired) electrons. The fraction of sp³-hybridized carbons (Fsp3) is 0.250. The normalized spacial score (nSPS) is 11.9. The van der Waals surface area contributed by atoms with Crippen molar-refractivity contribution < 1.29 is 9.53 Å². The maximum absolute atomic E-state index is 12.6. The van der Waals surface area contributed by atoms with Gasteiger partial charge in [-0.1, -0.05) is 24.3 Å². The highest BCUT2D eigenvalue weighted by atomic mass is 16.5. The number of carbonyl (C=O) groups excluding carboxylic acids is 1. The van der Waals surface area contributed by atoms with E-state index < -0.39 is 6.04 Å². The average molecular weight is 351 g/mol. The summed E-state index contributed by atoms with van der Waals surface area (Å²) in [5.41, 5.74) is 1.51. The second-order valence-electron chi connectivity index (χ2n) is 6.04. The molecule has 1 N–H and O–H groups in total. The van der Waals surface area contributed by atoms with E-state index in [0.717, 1.165) is 11.3 Å². The van der Waals surface area contributed by atoms with Crippen LogP contribution in [-0.4, -0.2) is 29.1 Å². The molecule has 0 fully saturated rings. The summed E-state index contributed by atoms with van der Waals surface area (Å²) in [7, 11) is 1.63. The predicted molar refractivity (Wildman–Crippen MR) is 100 cm³/mol. The Kier molecular flexibility index (Phi) is 5.31. The number of hydrogen-bond acceptors (Lipinski definition) is 4. The maximum atomic E-state index is 12.6. The van der Waals surface area contributed by atoms with Crippen LogP contribution in [0.15, 0.2) is 59.7 Å². The molecular formula is C20H21N3O3. The molecule has 1 amide bonds. The lowest BCUT2D eigenvalue weighted by atomic mass is 10.1. The number of rotatable bonds is 6. The maximum Gasteiger partial charge on any atom is 0.261 e. The largest absolute Gasteiger partial charge is 0.497 e. The van der Waals surface area contributed by atoms with Crippen molar-refractivity contribution in [3.05, 3.63) is 70.8 Å². The lowest BCUT2D eigenvalue weighted by molar-refractivity contribution is -0.123. The van der Waals surface area contributed by atoms with Crippen molar-refractivity contribution in [1.29, 1.82) is 0 Å². The molecule has 1 heterocycles. The highest BCUT2D eigenvalue weighted by molar-refractivity contribution is 5.81. The molecule has 3 rings (SSSR count). The van der Waals surface area contributed by atoms with Crippen LogP contribution in [0.3, 0.4) is 0 Å². The quantitative estimate of drug-likeness (QED) is 0.740. The molecule has 0 aliphatic carbocycles. The molecule has 6 heteroatoms. The second kappa shape index (κ2) is 7.82. The van der Waals surface area contributed by atoms with Gasteiger partial charge < -0.3 is 10.1 Å². The smallest absolute Gasteiger partial charge is 0.261 e. The van der Waals surface area contributed by atoms with E-state index in [1.54, 1.807) is 32.2 Å². The van der Waals surface area contributed by atoms with Crippen LogP contribution < -0.4 is 15.6 Å². The molecule has 134 valence electrons. The Morgan fingerprint density at radius 1 is 1.19 bits per heavy atom. The molecule has 0 bridgehead atoms. The number of amides is 1. The summed E-state index contributed by atoms with van der Waals surface area (Å²) in [6.07, 6.45) is 2.13.